The summed E-state index contributed by atoms with van der Waals surface area (Å²) in [6.07, 6.45) is -44.5. The molecular weight excluding hydrogens is 440 g/mol. The van der Waals surface area contributed by atoms with Gasteiger partial charge >= 0.3 is 24.2 Å². The normalized spacial score (nSPS) is 19.3. The van der Waals surface area contributed by atoms with Crippen molar-refractivity contribution in [1.82, 2.24) is 0 Å². The van der Waals surface area contributed by atoms with Crippen LogP contribution in [0.5, 0.6) is 0 Å². The Morgan fingerprint density at radius 2 is 0.667 bits per heavy atom. The van der Waals surface area contributed by atoms with Gasteiger partial charge < -0.3 is 4.74 Å². The van der Waals surface area contributed by atoms with Crippen molar-refractivity contribution < 1.29 is 75.0 Å². The molecule has 0 heterocycles. The van der Waals surface area contributed by atoms with E-state index in [0.717, 1.165) is 0 Å². The van der Waals surface area contributed by atoms with Crippen LogP contribution in [-0.4, -0.2) is 61.6 Å². The quantitative estimate of drug-likeness (QED) is 0.458. The molecule has 0 amide bonds. The fraction of sp³-hybridized carbons (Fsp3) is 1.00. The maximum atomic E-state index is 13.2. The first-order valence-electron chi connectivity index (χ1n) is 6.07. The van der Waals surface area contributed by atoms with Gasteiger partial charge in [0.1, 0.15) is 0 Å². The van der Waals surface area contributed by atoms with Crippen LogP contribution in [0, 0.1) is 0 Å². The molecule has 27 heavy (non-hydrogen) atoms. The van der Waals surface area contributed by atoms with Crippen molar-refractivity contribution in [1.29, 1.82) is 0 Å². The Balaban J connectivity index is 6.00. The number of halogens is 16. The number of hydrogen-bond donors (Lipinski definition) is 0. The smallest absolute Gasteiger partial charge is 0.350 e. The second kappa shape index (κ2) is 8.06. The second-order valence-electron chi connectivity index (χ2n) is 4.80. The van der Waals surface area contributed by atoms with Gasteiger partial charge in [-0.05, 0) is 0 Å². The molecule has 0 N–H and O–H groups in total. The third-order valence-electron chi connectivity index (χ3n) is 2.76. The van der Waals surface area contributed by atoms with E-state index in [9.17, 15) is 70.2 Å². The van der Waals surface area contributed by atoms with Crippen LogP contribution in [0.15, 0.2) is 0 Å². The Hall–Kier alpha value is -1.16. The molecule has 0 bridgehead atoms. The highest BCUT2D eigenvalue weighted by molar-refractivity contribution is 4.96. The van der Waals surface area contributed by atoms with E-state index in [4.69, 9.17) is 0 Å². The van der Waals surface area contributed by atoms with E-state index in [-0.39, 0.29) is 0 Å². The molecule has 0 fully saturated rings. The summed E-state index contributed by atoms with van der Waals surface area (Å²) in [4.78, 5) is 0. The lowest BCUT2D eigenvalue weighted by Gasteiger charge is -2.35. The minimum absolute atomic E-state index is 2.66. The maximum absolute atomic E-state index is 13.2. The van der Waals surface area contributed by atoms with E-state index in [0.29, 0.717) is 0 Å². The highest BCUT2D eigenvalue weighted by Gasteiger charge is 2.68. The zero-order valence-corrected chi connectivity index (χ0v) is 11.9. The number of ether oxygens (including phenoxy) is 1. The Bertz CT molecular complexity index is 425. The molecule has 0 saturated heterocycles. The van der Waals surface area contributed by atoms with Crippen LogP contribution >= 0.6 is 0 Å². The Morgan fingerprint density at radius 3 is 0.815 bits per heavy atom. The highest BCUT2D eigenvalue weighted by atomic mass is 19.4. The molecule has 4 atom stereocenters. The van der Waals surface area contributed by atoms with Gasteiger partial charge in [0.25, 0.3) is 25.2 Å². The number of alkyl halides is 16. The SMILES string of the molecule is FC(F)C(OC(C(F)F)C(F)(F)C(F)C(F)(F)F)C(F)(F)C(F)C(F)(F)F. The third kappa shape index (κ3) is 5.91. The predicted molar refractivity (Wildman–Crippen MR) is 52.5 cm³/mol. The van der Waals surface area contributed by atoms with E-state index in [1.165, 1.54) is 0 Å². The Labute approximate surface area is 138 Å². The molecule has 0 aromatic heterocycles. The van der Waals surface area contributed by atoms with Crippen LogP contribution < -0.4 is 0 Å². The van der Waals surface area contributed by atoms with E-state index < -0.39 is 61.6 Å². The fourth-order valence-corrected chi connectivity index (χ4v) is 1.52. The average Bonchev–Trinajstić information content (AvgIpc) is 2.42. The summed E-state index contributed by atoms with van der Waals surface area (Å²) in [6, 6.07) is 0. The van der Waals surface area contributed by atoms with Crippen LogP contribution in [0.1, 0.15) is 0 Å². The zero-order chi connectivity index (χ0) is 22.2. The average molecular weight is 446 g/mol. The van der Waals surface area contributed by atoms with Crippen molar-refractivity contribution in [3.8, 4) is 0 Å². The van der Waals surface area contributed by atoms with Gasteiger partial charge in [0.15, 0.2) is 12.2 Å². The molecular formula is C10H6F16O. The van der Waals surface area contributed by atoms with Gasteiger partial charge in [0.2, 0.25) is 0 Å². The monoisotopic (exact) mass is 446 g/mol. The Morgan fingerprint density at radius 1 is 0.444 bits per heavy atom. The van der Waals surface area contributed by atoms with Gasteiger partial charge in [-0.15, -0.1) is 0 Å². The predicted octanol–water partition coefficient (Wildman–Crippen LogP) is 5.34. The van der Waals surface area contributed by atoms with Crippen LogP contribution in [0.2, 0.25) is 0 Å². The van der Waals surface area contributed by atoms with Gasteiger partial charge in [-0.25, -0.2) is 26.3 Å². The fourth-order valence-electron chi connectivity index (χ4n) is 1.52. The molecule has 0 radical (unpaired) electrons. The van der Waals surface area contributed by atoms with Crippen LogP contribution in [0.25, 0.3) is 0 Å². The summed E-state index contributed by atoms with van der Waals surface area (Å²) in [7, 11) is 0. The summed E-state index contributed by atoms with van der Waals surface area (Å²) in [5.41, 5.74) is 0. The summed E-state index contributed by atoms with van der Waals surface area (Å²) in [6.45, 7) is 0. The second-order valence-corrected chi connectivity index (χ2v) is 4.80. The minimum Gasteiger partial charge on any atom is -0.350 e. The minimum atomic E-state index is -6.61. The van der Waals surface area contributed by atoms with Gasteiger partial charge in [0, 0.05) is 0 Å². The lowest BCUT2D eigenvalue weighted by Crippen LogP contribution is -2.59. The van der Waals surface area contributed by atoms with Gasteiger partial charge in [-0.1, -0.05) is 0 Å². The lowest BCUT2D eigenvalue weighted by atomic mass is 10.0. The molecule has 0 aliphatic carbocycles. The first-order chi connectivity index (χ1) is 11.7. The van der Waals surface area contributed by atoms with Crippen LogP contribution in [0.3, 0.4) is 0 Å². The van der Waals surface area contributed by atoms with Crippen molar-refractivity contribution in [2.24, 2.45) is 0 Å². The highest BCUT2D eigenvalue weighted by Crippen LogP contribution is 2.44. The molecule has 0 aliphatic heterocycles. The van der Waals surface area contributed by atoms with Gasteiger partial charge in [-0.2, -0.15) is 43.9 Å². The number of hydrogen-bond acceptors (Lipinski definition) is 1. The van der Waals surface area contributed by atoms with E-state index in [1.54, 1.807) is 0 Å². The third-order valence-corrected chi connectivity index (χ3v) is 2.76. The Kier molecular flexibility index (Phi) is 7.72. The molecule has 0 spiro atoms. The standard InChI is InChI=1S/C10H6F16O/c11-3(12)1(7(17,18)5(15)9(21,22)23)27-2(4(13)14)8(19,20)6(16)10(24,25)26/h1-6H. The topological polar surface area (TPSA) is 9.23 Å². The molecule has 1 nitrogen and oxygen atoms in total. The molecule has 164 valence electrons. The molecule has 0 aromatic rings. The summed E-state index contributed by atoms with van der Waals surface area (Å²) in [5.74, 6) is -13.0. The van der Waals surface area contributed by atoms with Crippen LogP contribution in [-0.2, 0) is 4.74 Å². The lowest BCUT2D eigenvalue weighted by molar-refractivity contribution is -0.332. The van der Waals surface area contributed by atoms with Crippen LogP contribution in [0.4, 0.5) is 70.2 Å². The van der Waals surface area contributed by atoms with Crippen molar-refractivity contribution >= 4 is 0 Å². The first kappa shape index (κ1) is 25.8. The molecule has 4 unspecified atom stereocenters. The van der Waals surface area contributed by atoms with E-state index >= 15 is 0 Å². The molecule has 0 aliphatic rings. The maximum Gasteiger partial charge on any atom is 0.425 e. The van der Waals surface area contributed by atoms with E-state index in [2.05, 4.69) is 4.74 Å². The summed E-state index contributed by atoms with van der Waals surface area (Å²) < 4.78 is 202. The van der Waals surface area contributed by atoms with Crippen molar-refractivity contribution in [3.05, 3.63) is 0 Å². The summed E-state index contributed by atoms with van der Waals surface area (Å²) in [5, 5.41) is 0. The first-order valence-corrected chi connectivity index (χ1v) is 6.07. The zero-order valence-electron chi connectivity index (χ0n) is 11.9. The van der Waals surface area contributed by atoms with Gasteiger partial charge in [-0.3, -0.25) is 0 Å². The molecule has 0 aromatic carbocycles. The van der Waals surface area contributed by atoms with Crippen molar-refractivity contribution in [2.45, 2.75) is 61.6 Å². The van der Waals surface area contributed by atoms with Crippen molar-refractivity contribution in [3.63, 3.8) is 0 Å². The largest absolute Gasteiger partial charge is 0.425 e. The van der Waals surface area contributed by atoms with Crippen molar-refractivity contribution in [2.75, 3.05) is 0 Å². The summed E-state index contributed by atoms with van der Waals surface area (Å²) >= 11 is 0. The van der Waals surface area contributed by atoms with Gasteiger partial charge in [0.05, 0.1) is 0 Å². The number of rotatable bonds is 8. The van der Waals surface area contributed by atoms with E-state index in [1.807, 2.05) is 0 Å². The molecule has 17 heteroatoms. The molecule has 0 rings (SSSR count). The molecule has 0 saturated carbocycles.